The number of rotatable bonds is 1. The number of ketones is 2. The smallest absolute Gasteiger partial charge is 0.252 e. The summed E-state index contributed by atoms with van der Waals surface area (Å²) in [5.74, 6) is -0.955. The second-order valence-corrected chi connectivity index (χ2v) is 5.63. The second kappa shape index (κ2) is 4.30. The average Bonchev–Trinajstić information content (AvgIpc) is 2.92. The minimum absolute atomic E-state index is 0.365. The molecule has 0 fully saturated rings. The number of nitrogens with zero attached hydrogens (tertiary/aromatic N) is 2. The van der Waals surface area contributed by atoms with E-state index < -0.39 is 11.6 Å². The lowest BCUT2D eigenvalue weighted by Crippen LogP contribution is -2.22. The summed E-state index contributed by atoms with van der Waals surface area (Å²) in [5.41, 5.74) is 2.84. The highest BCUT2D eigenvalue weighted by Crippen LogP contribution is 2.35. The maximum absolute atomic E-state index is 12.4. The number of carbonyl (C=O) groups is 2. The lowest BCUT2D eigenvalue weighted by Gasteiger charge is -2.13. The van der Waals surface area contributed by atoms with Gasteiger partial charge in [-0.2, -0.15) is 0 Å². The van der Waals surface area contributed by atoms with Crippen molar-refractivity contribution in [3.05, 3.63) is 53.9 Å². The molecular formula is C16H10N2O2S. The van der Waals surface area contributed by atoms with Crippen molar-refractivity contribution in [1.82, 2.24) is 9.38 Å². The van der Waals surface area contributed by atoms with Gasteiger partial charge >= 0.3 is 0 Å². The molecule has 102 valence electrons. The zero-order valence-electron chi connectivity index (χ0n) is 11.2. The first-order chi connectivity index (χ1) is 10.2. The standard InChI is InChI=1S/C16H10N2O2S/c1-21-11-7-4-8-18-13-12(17-16(11)18)9-5-2-3-6-10(9)14(19)15(13)20/h2-8H,1H3. The van der Waals surface area contributed by atoms with Crippen molar-refractivity contribution in [3.63, 3.8) is 0 Å². The lowest BCUT2D eigenvalue weighted by molar-refractivity contribution is 0.0812. The molecule has 0 bridgehead atoms. The lowest BCUT2D eigenvalue weighted by atomic mass is 9.90. The van der Waals surface area contributed by atoms with Crippen molar-refractivity contribution >= 4 is 29.0 Å². The van der Waals surface area contributed by atoms with Crippen molar-refractivity contribution in [2.75, 3.05) is 6.26 Å². The van der Waals surface area contributed by atoms with Gasteiger partial charge in [0.15, 0.2) is 5.65 Å². The van der Waals surface area contributed by atoms with Gasteiger partial charge in [0.1, 0.15) is 11.4 Å². The molecule has 0 atom stereocenters. The summed E-state index contributed by atoms with van der Waals surface area (Å²) >= 11 is 1.57. The molecule has 0 amide bonds. The van der Waals surface area contributed by atoms with Gasteiger partial charge in [0.05, 0.1) is 4.90 Å². The van der Waals surface area contributed by atoms with Gasteiger partial charge < -0.3 is 0 Å². The number of pyridine rings is 1. The number of fused-ring (bicyclic) bond motifs is 5. The minimum atomic E-state index is -0.491. The Bertz CT molecular complexity index is 927. The Hall–Kier alpha value is -2.40. The van der Waals surface area contributed by atoms with E-state index in [1.165, 1.54) is 0 Å². The maximum atomic E-state index is 12.4. The van der Waals surface area contributed by atoms with Crippen LogP contribution in [0.4, 0.5) is 0 Å². The van der Waals surface area contributed by atoms with Gasteiger partial charge in [-0.15, -0.1) is 11.8 Å². The summed E-state index contributed by atoms with van der Waals surface area (Å²) in [6, 6.07) is 10.9. The molecule has 21 heavy (non-hydrogen) atoms. The second-order valence-electron chi connectivity index (χ2n) is 4.78. The fraction of sp³-hybridized carbons (Fsp3) is 0.0625. The fourth-order valence-electron chi connectivity index (χ4n) is 2.72. The van der Waals surface area contributed by atoms with E-state index in [1.54, 1.807) is 34.5 Å². The van der Waals surface area contributed by atoms with E-state index >= 15 is 0 Å². The molecule has 0 N–H and O–H groups in total. The molecular weight excluding hydrogens is 284 g/mol. The SMILES string of the molecule is CSc1cccn2c3c(nc12)-c1ccccc1C(=O)C3=O. The molecule has 0 unspecified atom stereocenters. The van der Waals surface area contributed by atoms with E-state index in [-0.39, 0.29) is 0 Å². The predicted octanol–water partition coefficient (Wildman–Crippen LogP) is 3.10. The van der Waals surface area contributed by atoms with E-state index in [2.05, 4.69) is 4.98 Å². The summed E-state index contributed by atoms with van der Waals surface area (Å²) in [6.45, 7) is 0. The van der Waals surface area contributed by atoms with Gasteiger partial charge in [0.25, 0.3) is 5.78 Å². The summed E-state index contributed by atoms with van der Waals surface area (Å²) < 4.78 is 1.72. The number of imidazole rings is 1. The van der Waals surface area contributed by atoms with Crippen molar-refractivity contribution in [1.29, 1.82) is 0 Å². The van der Waals surface area contributed by atoms with Gasteiger partial charge in [-0.05, 0) is 18.4 Å². The van der Waals surface area contributed by atoms with Crippen molar-refractivity contribution < 1.29 is 9.59 Å². The molecule has 0 spiro atoms. The Kier molecular flexibility index (Phi) is 2.53. The number of carbonyl (C=O) groups excluding carboxylic acids is 2. The molecule has 1 aliphatic rings. The normalized spacial score (nSPS) is 13.4. The molecule has 0 saturated carbocycles. The van der Waals surface area contributed by atoms with Gasteiger partial charge in [-0.25, -0.2) is 4.98 Å². The minimum Gasteiger partial charge on any atom is -0.295 e. The fourth-order valence-corrected chi connectivity index (χ4v) is 3.27. The van der Waals surface area contributed by atoms with Crippen molar-refractivity contribution in [3.8, 4) is 11.3 Å². The van der Waals surface area contributed by atoms with Gasteiger partial charge in [-0.3, -0.25) is 14.0 Å². The molecule has 0 radical (unpaired) electrons. The molecule has 1 aromatic carbocycles. The zero-order chi connectivity index (χ0) is 14.6. The van der Waals surface area contributed by atoms with Crippen LogP contribution in [-0.2, 0) is 0 Å². The molecule has 0 saturated heterocycles. The van der Waals surface area contributed by atoms with E-state index in [0.717, 1.165) is 10.5 Å². The molecule has 1 aliphatic carbocycles. The largest absolute Gasteiger partial charge is 0.295 e. The van der Waals surface area contributed by atoms with Crippen LogP contribution >= 0.6 is 11.8 Å². The summed E-state index contributed by atoms with van der Waals surface area (Å²) in [4.78, 5) is 30.3. The Morgan fingerprint density at radius 3 is 2.52 bits per heavy atom. The van der Waals surface area contributed by atoms with Gasteiger partial charge in [-0.1, -0.05) is 24.3 Å². The molecule has 2 heterocycles. The molecule has 3 aromatic rings. The van der Waals surface area contributed by atoms with Crippen LogP contribution in [0.5, 0.6) is 0 Å². The van der Waals surface area contributed by atoms with Crippen LogP contribution in [0.25, 0.3) is 16.9 Å². The van der Waals surface area contributed by atoms with Crippen LogP contribution in [0, 0.1) is 0 Å². The topological polar surface area (TPSA) is 51.4 Å². The van der Waals surface area contributed by atoms with Crippen LogP contribution in [0.1, 0.15) is 20.8 Å². The average molecular weight is 294 g/mol. The highest BCUT2D eigenvalue weighted by Gasteiger charge is 2.34. The highest BCUT2D eigenvalue weighted by molar-refractivity contribution is 7.98. The Morgan fingerprint density at radius 2 is 1.76 bits per heavy atom. The number of aromatic nitrogens is 2. The number of hydrogen-bond acceptors (Lipinski definition) is 4. The number of hydrogen-bond donors (Lipinski definition) is 0. The van der Waals surface area contributed by atoms with Crippen LogP contribution in [0.3, 0.4) is 0 Å². The molecule has 4 rings (SSSR count). The third-order valence-corrected chi connectivity index (χ3v) is 4.44. The predicted molar refractivity (Wildman–Crippen MR) is 81.1 cm³/mol. The third kappa shape index (κ3) is 1.55. The Labute approximate surface area is 124 Å². The summed E-state index contributed by atoms with van der Waals surface area (Å²) in [5, 5.41) is 0. The molecule has 2 aromatic heterocycles. The maximum Gasteiger partial charge on any atom is 0.252 e. The Balaban J connectivity index is 2.17. The van der Waals surface area contributed by atoms with Crippen molar-refractivity contribution in [2.45, 2.75) is 4.90 Å². The molecule has 0 aliphatic heterocycles. The van der Waals surface area contributed by atoms with E-state index in [4.69, 9.17) is 0 Å². The first-order valence-corrected chi connectivity index (χ1v) is 7.68. The monoisotopic (exact) mass is 294 g/mol. The van der Waals surface area contributed by atoms with Crippen LogP contribution in [0.2, 0.25) is 0 Å². The van der Waals surface area contributed by atoms with E-state index in [9.17, 15) is 9.59 Å². The molecule has 4 nitrogen and oxygen atoms in total. The van der Waals surface area contributed by atoms with Crippen molar-refractivity contribution in [2.24, 2.45) is 0 Å². The van der Waals surface area contributed by atoms with Crippen LogP contribution < -0.4 is 0 Å². The number of thioether (sulfide) groups is 1. The summed E-state index contributed by atoms with van der Waals surface area (Å²) in [6.07, 6.45) is 3.74. The van der Waals surface area contributed by atoms with E-state index in [0.29, 0.717) is 22.6 Å². The van der Waals surface area contributed by atoms with Crippen LogP contribution in [0.15, 0.2) is 47.5 Å². The first kappa shape index (κ1) is 12.3. The zero-order valence-corrected chi connectivity index (χ0v) is 12.0. The number of Topliss-reactive ketones (excluding diaryl/α,β-unsaturated/α-hetero) is 2. The van der Waals surface area contributed by atoms with Gasteiger partial charge in [0.2, 0.25) is 5.78 Å². The van der Waals surface area contributed by atoms with Crippen LogP contribution in [-0.4, -0.2) is 27.2 Å². The van der Waals surface area contributed by atoms with Gasteiger partial charge in [0, 0.05) is 17.3 Å². The summed E-state index contributed by atoms with van der Waals surface area (Å²) in [7, 11) is 0. The Morgan fingerprint density at radius 1 is 1.00 bits per heavy atom. The third-order valence-electron chi connectivity index (χ3n) is 3.68. The highest BCUT2D eigenvalue weighted by atomic mass is 32.2. The van der Waals surface area contributed by atoms with E-state index in [1.807, 2.05) is 30.5 Å². The quantitative estimate of drug-likeness (QED) is 0.511. The number of benzene rings is 1. The first-order valence-electron chi connectivity index (χ1n) is 6.46. The molecule has 5 heteroatoms.